The van der Waals surface area contributed by atoms with Gasteiger partial charge in [0, 0.05) is 7.05 Å². The molecule has 0 aromatic carbocycles. The standard InChI is InChI=1S/C7H9IN4O2/c1-12-6(8)4(2-11-12)7(14)10-3-5(9)13/h2H,3H2,1H3,(H2,9,13)(H,10,14). The largest absolute Gasteiger partial charge is 0.368 e. The molecule has 0 fully saturated rings. The summed E-state index contributed by atoms with van der Waals surface area (Å²) in [6, 6.07) is 0. The van der Waals surface area contributed by atoms with E-state index in [1.54, 1.807) is 11.7 Å². The monoisotopic (exact) mass is 308 g/mol. The molecular weight excluding hydrogens is 299 g/mol. The van der Waals surface area contributed by atoms with E-state index < -0.39 is 5.91 Å². The summed E-state index contributed by atoms with van der Waals surface area (Å²) in [7, 11) is 1.73. The molecule has 1 aromatic rings. The van der Waals surface area contributed by atoms with Crippen molar-refractivity contribution in [1.29, 1.82) is 0 Å². The van der Waals surface area contributed by atoms with Gasteiger partial charge in [-0.15, -0.1) is 0 Å². The number of primary amides is 1. The van der Waals surface area contributed by atoms with Crippen LogP contribution in [0.3, 0.4) is 0 Å². The number of nitrogens with one attached hydrogen (secondary N) is 1. The topological polar surface area (TPSA) is 90.0 Å². The third kappa shape index (κ3) is 2.44. The molecule has 1 aromatic heterocycles. The Morgan fingerprint density at radius 3 is 2.79 bits per heavy atom. The number of carbonyl (C=O) groups excluding carboxylic acids is 2. The highest BCUT2D eigenvalue weighted by Gasteiger charge is 2.13. The fraction of sp³-hybridized carbons (Fsp3) is 0.286. The van der Waals surface area contributed by atoms with Gasteiger partial charge in [0.25, 0.3) is 5.91 Å². The number of nitrogens with two attached hydrogens (primary N) is 1. The van der Waals surface area contributed by atoms with Gasteiger partial charge >= 0.3 is 0 Å². The van der Waals surface area contributed by atoms with Crippen molar-refractivity contribution in [2.24, 2.45) is 12.8 Å². The number of rotatable bonds is 3. The average molecular weight is 308 g/mol. The van der Waals surface area contributed by atoms with Gasteiger partial charge in [0.05, 0.1) is 18.3 Å². The summed E-state index contributed by atoms with van der Waals surface area (Å²) in [5, 5.41) is 6.28. The van der Waals surface area contributed by atoms with Gasteiger partial charge in [-0.2, -0.15) is 5.10 Å². The van der Waals surface area contributed by atoms with Crippen LogP contribution in [0, 0.1) is 3.70 Å². The zero-order valence-corrected chi connectivity index (χ0v) is 9.61. The highest BCUT2D eigenvalue weighted by molar-refractivity contribution is 14.1. The summed E-state index contributed by atoms with van der Waals surface area (Å²) in [6.45, 7) is -0.163. The molecule has 1 heterocycles. The second-order valence-electron chi connectivity index (χ2n) is 2.62. The van der Waals surface area contributed by atoms with E-state index in [0.29, 0.717) is 9.26 Å². The van der Waals surface area contributed by atoms with E-state index in [-0.39, 0.29) is 12.5 Å². The van der Waals surface area contributed by atoms with Crippen molar-refractivity contribution in [3.8, 4) is 0 Å². The minimum atomic E-state index is -0.572. The summed E-state index contributed by atoms with van der Waals surface area (Å²) in [5.74, 6) is -0.918. The first-order valence-corrected chi connectivity index (χ1v) is 4.84. The van der Waals surface area contributed by atoms with E-state index in [4.69, 9.17) is 5.73 Å². The lowest BCUT2D eigenvalue weighted by atomic mass is 10.3. The Labute approximate surface area is 94.0 Å². The van der Waals surface area contributed by atoms with Crippen LogP contribution in [-0.2, 0) is 11.8 Å². The third-order valence-corrected chi connectivity index (χ3v) is 2.81. The molecular formula is C7H9IN4O2. The lowest BCUT2D eigenvalue weighted by Crippen LogP contribution is -2.33. The molecule has 0 saturated heterocycles. The zero-order chi connectivity index (χ0) is 10.7. The van der Waals surface area contributed by atoms with E-state index in [1.165, 1.54) is 6.20 Å². The van der Waals surface area contributed by atoms with Crippen molar-refractivity contribution in [2.75, 3.05) is 6.54 Å². The van der Waals surface area contributed by atoms with Crippen LogP contribution < -0.4 is 11.1 Å². The van der Waals surface area contributed by atoms with Crippen LogP contribution in [0.5, 0.6) is 0 Å². The summed E-state index contributed by atoms with van der Waals surface area (Å²) < 4.78 is 2.28. The maximum atomic E-state index is 11.4. The van der Waals surface area contributed by atoms with Gasteiger partial charge in [-0.05, 0) is 22.6 Å². The molecule has 14 heavy (non-hydrogen) atoms. The lowest BCUT2D eigenvalue weighted by Gasteiger charge is -2.00. The number of carbonyl (C=O) groups is 2. The number of hydrogen-bond acceptors (Lipinski definition) is 3. The van der Waals surface area contributed by atoms with Crippen LogP contribution in [-0.4, -0.2) is 28.1 Å². The first-order chi connectivity index (χ1) is 6.52. The number of amides is 2. The average Bonchev–Trinajstić information content (AvgIpc) is 2.44. The van der Waals surface area contributed by atoms with Crippen molar-refractivity contribution >= 4 is 34.4 Å². The maximum Gasteiger partial charge on any atom is 0.256 e. The van der Waals surface area contributed by atoms with E-state index in [2.05, 4.69) is 10.4 Å². The molecule has 3 N–H and O–H groups in total. The number of aromatic nitrogens is 2. The Bertz CT molecular complexity index is 374. The quantitative estimate of drug-likeness (QED) is 0.719. The second-order valence-corrected chi connectivity index (χ2v) is 3.64. The molecule has 1 rings (SSSR count). The molecule has 2 amide bonds. The molecule has 0 unspecified atom stereocenters. The fourth-order valence-electron chi connectivity index (χ4n) is 0.838. The molecule has 7 heteroatoms. The normalized spacial score (nSPS) is 9.86. The Kier molecular flexibility index (Phi) is 3.44. The van der Waals surface area contributed by atoms with Crippen molar-refractivity contribution in [3.05, 3.63) is 15.5 Å². The van der Waals surface area contributed by atoms with Gasteiger partial charge in [0.2, 0.25) is 5.91 Å². The molecule has 0 bridgehead atoms. The molecule has 0 aliphatic rings. The number of nitrogens with zero attached hydrogens (tertiary/aromatic N) is 2. The van der Waals surface area contributed by atoms with Crippen LogP contribution in [0.1, 0.15) is 10.4 Å². The molecule has 0 radical (unpaired) electrons. The summed E-state index contributed by atoms with van der Waals surface area (Å²) in [4.78, 5) is 21.8. The molecule has 76 valence electrons. The molecule has 0 aliphatic carbocycles. The van der Waals surface area contributed by atoms with Gasteiger partial charge < -0.3 is 11.1 Å². The van der Waals surface area contributed by atoms with Gasteiger partial charge in [0.15, 0.2) is 0 Å². The van der Waals surface area contributed by atoms with Crippen LogP contribution in [0.2, 0.25) is 0 Å². The number of halogens is 1. The van der Waals surface area contributed by atoms with Crippen LogP contribution in [0.15, 0.2) is 6.20 Å². The first kappa shape index (κ1) is 11.0. The SMILES string of the molecule is Cn1ncc(C(=O)NCC(N)=O)c1I. The van der Waals surface area contributed by atoms with Gasteiger partial charge in [-0.25, -0.2) is 0 Å². The van der Waals surface area contributed by atoms with Crippen LogP contribution >= 0.6 is 22.6 Å². The predicted molar refractivity (Wildman–Crippen MR) is 57.5 cm³/mol. The molecule has 0 aliphatic heterocycles. The van der Waals surface area contributed by atoms with Gasteiger partial charge in [0.1, 0.15) is 3.70 Å². The minimum absolute atomic E-state index is 0.163. The smallest absolute Gasteiger partial charge is 0.256 e. The Morgan fingerprint density at radius 1 is 1.71 bits per heavy atom. The Balaban J connectivity index is 2.70. The maximum absolute atomic E-state index is 11.4. The van der Waals surface area contributed by atoms with Crippen molar-refractivity contribution in [3.63, 3.8) is 0 Å². The Morgan fingerprint density at radius 2 is 2.36 bits per heavy atom. The highest BCUT2D eigenvalue weighted by atomic mass is 127. The van der Waals surface area contributed by atoms with E-state index >= 15 is 0 Å². The summed E-state index contributed by atoms with van der Waals surface area (Å²) in [6.07, 6.45) is 1.44. The van der Waals surface area contributed by atoms with Crippen LogP contribution in [0.4, 0.5) is 0 Å². The minimum Gasteiger partial charge on any atom is -0.368 e. The predicted octanol–water partition coefficient (Wildman–Crippen LogP) is -0.760. The molecule has 6 nitrogen and oxygen atoms in total. The third-order valence-electron chi connectivity index (χ3n) is 1.53. The Hall–Kier alpha value is -1.12. The first-order valence-electron chi connectivity index (χ1n) is 3.76. The fourth-order valence-corrected chi connectivity index (χ4v) is 1.35. The van der Waals surface area contributed by atoms with E-state index in [9.17, 15) is 9.59 Å². The van der Waals surface area contributed by atoms with Crippen molar-refractivity contribution < 1.29 is 9.59 Å². The molecule has 0 atom stereocenters. The summed E-state index contributed by atoms with van der Waals surface area (Å²) in [5.41, 5.74) is 5.32. The van der Waals surface area contributed by atoms with Crippen LogP contribution in [0.25, 0.3) is 0 Å². The van der Waals surface area contributed by atoms with Gasteiger partial charge in [-0.1, -0.05) is 0 Å². The number of hydrogen-bond donors (Lipinski definition) is 2. The van der Waals surface area contributed by atoms with Gasteiger partial charge in [-0.3, -0.25) is 14.3 Å². The highest BCUT2D eigenvalue weighted by Crippen LogP contribution is 2.09. The second kappa shape index (κ2) is 4.40. The van der Waals surface area contributed by atoms with E-state index in [1.807, 2.05) is 22.6 Å². The van der Waals surface area contributed by atoms with Crippen molar-refractivity contribution in [1.82, 2.24) is 15.1 Å². The molecule has 0 spiro atoms. The van der Waals surface area contributed by atoms with Crippen molar-refractivity contribution in [2.45, 2.75) is 0 Å². The number of aryl methyl sites for hydroxylation is 1. The zero-order valence-electron chi connectivity index (χ0n) is 7.45. The molecule has 0 saturated carbocycles. The lowest BCUT2D eigenvalue weighted by molar-refractivity contribution is -0.117. The van der Waals surface area contributed by atoms with E-state index in [0.717, 1.165) is 0 Å². The summed E-state index contributed by atoms with van der Waals surface area (Å²) >= 11 is 2.00.